The number of nitrogens with zero attached hydrogens (tertiary/aromatic N) is 3. The number of ether oxygens (including phenoxy) is 1. The van der Waals surface area contributed by atoms with Crippen LogP contribution in [0.3, 0.4) is 0 Å². The molecule has 138 valence electrons. The fourth-order valence-corrected chi connectivity index (χ4v) is 2.80. The zero-order chi connectivity index (χ0) is 20.3. The molecule has 0 aliphatic carbocycles. The monoisotopic (exact) mass is 371 g/mol. The lowest BCUT2D eigenvalue weighted by Gasteiger charge is -2.05. The van der Waals surface area contributed by atoms with Crippen LogP contribution in [-0.2, 0) is 0 Å². The number of furan rings is 1. The number of rotatable bonds is 5. The minimum atomic E-state index is -0.242. The molecule has 0 atom stereocenters. The number of fused-ring (bicyclic) bond motifs is 1. The van der Waals surface area contributed by atoms with Crippen molar-refractivity contribution in [1.82, 2.24) is 4.90 Å². The molecule has 28 heavy (non-hydrogen) atoms. The Kier molecular flexibility index (Phi) is 5.15. The lowest BCUT2D eigenvalue weighted by Crippen LogP contribution is -2.04. The number of ketones is 1. The lowest BCUT2D eigenvalue weighted by molar-refractivity contribution is 0.103. The van der Waals surface area contributed by atoms with Gasteiger partial charge in [0, 0.05) is 37.3 Å². The molecule has 1 aromatic heterocycles. The van der Waals surface area contributed by atoms with Crippen LogP contribution in [0.1, 0.15) is 32.8 Å². The lowest BCUT2D eigenvalue weighted by atomic mass is 9.97. The van der Waals surface area contributed by atoms with Gasteiger partial charge in [0.2, 0.25) is 0 Å². The highest BCUT2D eigenvalue weighted by molar-refractivity contribution is 6.18. The number of benzene rings is 2. The van der Waals surface area contributed by atoms with Gasteiger partial charge >= 0.3 is 0 Å². The van der Waals surface area contributed by atoms with Gasteiger partial charge in [-0.25, -0.2) is 0 Å². The van der Waals surface area contributed by atoms with Crippen molar-refractivity contribution in [3.8, 4) is 17.9 Å². The Hall–Kier alpha value is -4.03. The summed E-state index contributed by atoms with van der Waals surface area (Å²) in [5.41, 5.74) is 1.59. The summed E-state index contributed by atoms with van der Waals surface area (Å²) in [4.78, 5) is 15.1. The predicted molar refractivity (Wildman–Crippen MR) is 105 cm³/mol. The molecule has 0 radical (unpaired) electrons. The highest BCUT2D eigenvalue weighted by atomic mass is 16.5. The van der Waals surface area contributed by atoms with Crippen molar-refractivity contribution >= 4 is 22.8 Å². The third-order valence-electron chi connectivity index (χ3n) is 4.20. The van der Waals surface area contributed by atoms with E-state index in [1.54, 1.807) is 43.7 Å². The summed E-state index contributed by atoms with van der Waals surface area (Å²) in [6.45, 7) is 0. The minimum absolute atomic E-state index is 0.197. The van der Waals surface area contributed by atoms with Crippen molar-refractivity contribution in [2.24, 2.45) is 0 Å². The van der Waals surface area contributed by atoms with E-state index in [0.29, 0.717) is 33.6 Å². The first-order chi connectivity index (χ1) is 13.5. The van der Waals surface area contributed by atoms with Crippen molar-refractivity contribution in [3.63, 3.8) is 0 Å². The van der Waals surface area contributed by atoms with E-state index in [9.17, 15) is 15.3 Å². The standard InChI is InChI=1S/C22H17N3O3/c1-25(2)9-8-19-21(22(26)14-4-6-17(27-3)7-5-14)18-10-15(12-23)16(13-24)11-20(18)28-19/h4-11H,1-3H3. The summed E-state index contributed by atoms with van der Waals surface area (Å²) < 4.78 is 11.0. The molecule has 6 heteroatoms. The number of methoxy groups -OCH3 is 1. The molecule has 0 unspecified atom stereocenters. The number of hydrogen-bond acceptors (Lipinski definition) is 6. The van der Waals surface area contributed by atoms with Crippen LogP contribution in [0, 0.1) is 22.7 Å². The van der Waals surface area contributed by atoms with Crippen molar-refractivity contribution in [2.45, 2.75) is 0 Å². The molecule has 1 heterocycles. The molecule has 0 saturated heterocycles. The first kappa shape index (κ1) is 18.8. The Labute approximate surface area is 162 Å². The van der Waals surface area contributed by atoms with Gasteiger partial charge in [0.15, 0.2) is 5.78 Å². The molecule has 0 bridgehead atoms. The maximum Gasteiger partial charge on any atom is 0.197 e. The largest absolute Gasteiger partial charge is 0.497 e. The molecular formula is C22H17N3O3. The molecule has 0 aliphatic rings. The summed E-state index contributed by atoms with van der Waals surface area (Å²) in [6, 6.07) is 13.8. The Morgan fingerprint density at radius 1 is 1.11 bits per heavy atom. The third-order valence-corrected chi connectivity index (χ3v) is 4.20. The van der Waals surface area contributed by atoms with E-state index < -0.39 is 0 Å². The van der Waals surface area contributed by atoms with Gasteiger partial charge in [-0.05, 0) is 36.4 Å². The molecule has 0 N–H and O–H groups in total. The average Bonchev–Trinajstić information content (AvgIpc) is 3.07. The second-order valence-corrected chi connectivity index (χ2v) is 6.30. The zero-order valence-electron chi connectivity index (χ0n) is 15.7. The molecule has 0 spiro atoms. The van der Waals surface area contributed by atoms with Crippen molar-refractivity contribution in [2.75, 3.05) is 21.2 Å². The second kappa shape index (κ2) is 7.69. The van der Waals surface area contributed by atoms with Gasteiger partial charge < -0.3 is 14.1 Å². The molecule has 6 nitrogen and oxygen atoms in total. The Balaban J connectivity index is 2.24. The Morgan fingerprint density at radius 3 is 2.32 bits per heavy atom. The SMILES string of the molecule is COc1ccc(C(=O)c2c(C=CN(C)C)oc3cc(C#N)c(C#N)cc23)cc1. The first-order valence-electron chi connectivity index (χ1n) is 8.42. The van der Waals surface area contributed by atoms with Crippen LogP contribution < -0.4 is 4.74 Å². The van der Waals surface area contributed by atoms with E-state index in [1.807, 2.05) is 31.1 Å². The van der Waals surface area contributed by atoms with E-state index in [2.05, 4.69) is 0 Å². The van der Waals surface area contributed by atoms with Gasteiger partial charge in [0.05, 0.1) is 23.8 Å². The Bertz CT molecular complexity index is 1160. The van der Waals surface area contributed by atoms with Crippen LogP contribution >= 0.6 is 0 Å². The van der Waals surface area contributed by atoms with Gasteiger partial charge in [-0.15, -0.1) is 0 Å². The highest BCUT2D eigenvalue weighted by Gasteiger charge is 2.22. The fraction of sp³-hybridized carbons (Fsp3) is 0.136. The third kappa shape index (κ3) is 3.44. The van der Waals surface area contributed by atoms with Gasteiger partial charge in [-0.1, -0.05) is 0 Å². The quantitative estimate of drug-likeness (QED) is 0.631. The predicted octanol–water partition coefficient (Wildman–Crippen LogP) is 3.95. The molecule has 2 aromatic carbocycles. The van der Waals surface area contributed by atoms with Gasteiger partial charge in [-0.2, -0.15) is 10.5 Å². The van der Waals surface area contributed by atoms with Gasteiger partial charge in [0.1, 0.15) is 29.2 Å². The maximum absolute atomic E-state index is 13.2. The number of carbonyl (C=O) groups excluding carboxylic acids is 1. The zero-order valence-corrected chi connectivity index (χ0v) is 15.7. The van der Waals surface area contributed by atoms with Crippen molar-refractivity contribution in [3.05, 3.63) is 70.6 Å². The maximum atomic E-state index is 13.2. The summed E-state index contributed by atoms with van der Waals surface area (Å²) in [6.07, 6.45) is 3.45. The summed E-state index contributed by atoms with van der Waals surface area (Å²) in [5, 5.41) is 19.1. The minimum Gasteiger partial charge on any atom is -0.497 e. The van der Waals surface area contributed by atoms with E-state index in [0.717, 1.165) is 0 Å². The fourth-order valence-electron chi connectivity index (χ4n) is 2.80. The molecule has 0 fully saturated rings. The molecule has 0 saturated carbocycles. The van der Waals surface area contributed by atoms with Crippen LogP contribution in [0.25, 0.3) is 17.0 Å². The average molecular weight is 371 g/mol. The summed E-state index contributed by atoms with van der Waals surface area (Å²) >= 11 is 0. The first-order valence-corrected chi connectivity index (χ1v) is 8.42. The number of carbonyl (C=O) groups is 1. The van der Waals surface area contributed by atoms with Crippen LogP contribution in [0.2, 0.25) is 0 Å². The van der Waals surface area contributed by atoms with Crippen LogP contribution in [0.4, 0.5) is 0 Å². The highest BCUT2D eigenvalue weighted by Crippen LogP contribution is 2.32. The molecule has 0 amide bonds. The Morgan fingerprint density at radius 2 is 1.75 bits per heavy atom. The summed E-state index contributed by atoms with van der Waals surface area (Å²) in [7, 11) is 5.26. The van der Waals surface area contributed by atoms with Crippen LogP contribution in [0.15, 0.2) is 47.0 Å². The summed E-state index contributed by atoms with van der Waals surface area (Å²) in [5.74, 6) is 0.767. The number of hydrogen-bond donors (Lipinski definition) is 0. The normalized spacial score (nSPS) is 10.6. The smallest absolute Gasteiger partial charge is 0.197 e. The molecule has 3 rings (SSSR count). The molecule has 3 aromatic rings. The van der Waals surface area contributed by atoms with E-state index >= 15 is 0 Å². The molecule has 0 aliphatic heterocycles. The van der Waals surface area contributed by atoms with Crippen LogP contribution in [-0.4, -0.2) is 31.9 Å². The molecular weight excluding hydrogens is 354 g/mol. The topological polar surface area (TPSA) is 90.3 Å². The second-order valence-electron chi connectivity index (χ2n) is 6.30. The van der Waals surface area contributed by atoms with Gasteiger partial charge in [-0.3, -0.25) is 4.79 Å². The van der Waals surface area contributed by atoms with E-state index in [-0.39, 0.29) is 16.9 Å². The number of nitriles is 2. The van der Waals surface area contributed by atoms with E-state index in [4.69, 9.17) is 9.15 Å². The van der Waals surface area contributed by atoms with E-state index in [1.165, 1.54) is 12.1 Å². The van der Waals surface area contributed by atoms with Crippen molar-refractivity contribution < 1.29 is 13.9 Å². The van der Waals surface area contributed by atoms with Crippen molar-refractivity contribution in [1.29, 1.82) is 10.5 Å². The van der Waals surface area contributed by atoms with Gasteiger partial charge in [0.25, 0.3) is 0 Å². The van der Waals surface area contributed by atoms with Crippen LogP contribution in [0.5, 0.6) is 5.75 Å².